The molecule has 6 nitrogen and oxygen atoms in total. The summed E-state index contributed by atoms with van der Waals surface area (Å²) in [6, 6.07) is 0.391. The molecular weight excluding hydrogens is 232 g/mol. The monoisotopic (exact) mass is 254 g/mol. The molecule has 0 bridgehead atoms. The van der Waals surface area contributed by atoms with Crippen LogP contribution in [0, 0.1) is 0 Å². The molecule has 3 unspecified atom stereocenters. The molecule has 18 heavy (non-hydrogen) atoms. The maximum atomic E-state index is 10.0. The van der Waals surface area contributed by atoms with Crippen molar-refractivity contribution in [1.82, 2.24) is 14.7 Å². The minimum Gasteiger partial charge on any atom is -0.396 e. The van der Waals surface area contributed by atoms with E-state index in [0.29, 0.717) is 24.8 Å². The lowest BCUT2D eigenvalue weighted by Gasteiger charge is -2.28. The summed E-state index contributed by atoms with van der Waals surface area (Å²) in [5.41, 5.74) is 6.20. The van der Waals surface area contributed by atoms with Gasteiger partial charge in [0, 0.05) is 25.4 Å². The van der Waals surface area contributed by atoms with Gasteiger partial charge in [0.15, 0.2) is 0 Å². The Kier molecular flexibility index (Phi) is 4.21. The highest BCUT2D eigenvalue weighted by molar-refractivity contribution is 5.30. The Bertz CT molecular complexity index is 382. The fourth-order valence-electron chi connectivity index (χ4n) is 2.52. The maximum absolute atomic E-state index is 10.0. The third-order valence-electron chi connectivity index (χ3n) is 3.45. The lowest BCUT2D eigenvalue weighted by atomic mass is 10.1. The summed E-state index contributed by atoms with van der Waals surface area (Å²) in [6.45, 7) is 3.96. The number of nitrogens with zero attached hydrogens (tertiary/aromatic N) is 3. The molecule has 0 radical (unpaired) electrons. The van der Waals surface area contributed by atoms with Crippen LogP contribution in [0.25, 0.3) is 0 Å². The van der Waals surface area contributed by atoms with Crippen molar-refractivity contribution >= 4 is 5.69 Å². The van der Waals surface area contributed by atoms with E-state index in [1.807, 2.05) is 7.05 Å². The topological polar surface area (TPSA) is 76.5 Å². The van der Waals surface area contributed by atoms with Gasteiger partial charge in [-0.15, -0.1) is 0 Å². The van der Waals surface area contributed by atoms with Crippen LogP contribution >= 0.6 is 0 Å². The van der Waals surface area contributed by atoms with Crippen molar-refractivity contribution in [2.45, 2.75) is 38.1 Å². The second-order valence-corrected chi connectivity index (χ2v) is 5.02. The molecule has 0 spiro atoms. The Morgan fingerprint density at radius 1 is 1.72 bits per heavy atom. The first-order chi connectivity index (χ1) is 8.56. The van der Waals surface area contributed by atoms with E-state index >= 15 is 0 Å². The van der Waals surface area contributed by atoms with Crippen LogP contribution in [-0.2, 0) is 11.3 Å². The van der Waals surface area contributed by atoms with E-state index in [1.165, 1.54) is 0 Å². The number of nitrogens with two attached hydrogens (primary N) is 1. The minimum atomic E-state index is -0.456. The Morgan fingerprint density at radius 2 is 2.50 bits per heavy atom. The van der Waals surface area contributed by atoms with Gasteiger partial charge < -0.3 is 15.6 Å². The number of nitrogen functional groups attached to an aromatic ring is 1. The number of anilines is 1. The lowest BCUT2D eigenvalue weighted by molar-refractivity contribution is 0.0518. The second-order valence-electron chi connectivity index (χ2n) is 5.02. The first-order valence-corrected chi connectivity index (χ1v) is 6.34. The van der Waals surface area contributed by atoms with Gasteiger partial charge in [0.2, 0.25) is 0 Å². The summed E-state index contributed by atoms with van der Waals surface area (Å²) in [7, 11) is 2.02. The smallest absolute Gasteiger partial charge is 0.0862 e. The highest BCUT2D eigenvalue weighted by Crippen LogP contribution is 2.18. The quantitative estimate of drug-likeness (QED) is 0.769. The van der Waals surface area contributed by atoms with Gasteiger partial charge in [-0.2, -0.15) is 5.10 Å². The number of hydrogen-bond donors (Lipinski definition) is 2. The van der Waals surface area contributed by atoms with Gasteiger partial charge in [-0.1, -0.05) is 0 Å². The van der Waals surface area contributed by atoms with E-state index in [2.05, 4.69) is 16.9 Å². The Balaban J connectivity index is 1.81. The number of aliphatic hydroxyl groups is 1. The number of aliphatic hydroxyl groups excluding tert-OH is 1. The summed E-state index contributed by atoms with van der Waals surface area (Å²) in [5, 5.41) is 14.1. The van der Waals surface area contributed by atoms with Crippen LogP contribution in [0.3, 0.4) is 0 Å². The van der Waals surface area contributed by atoms with Crippen LogP contribution in [0.2, 0.25) is 0 Å². The normalized spacial score (nSPS) is 25.8. The lowest BCUT2D eigenvalue weighted by Crippen LogP contribution is -2.42. The second kappa shape index (κ2) is 5.69. The van der Waals surface area contributed by atoms with Crippen molar-refractivity contribution in [3.63, 3.8) is 0 Å². The minimum absolute atomic E-state index is 0.238. The Labute approximate surface area is 107 Å². The van der Waals surface area contributed by atoms with E-state index in [9.17, 15) is 5.11 Å². The van der Waals surface area contributed by atoms with Crippen molar-refractivity contribution in [2.24, 2.45) is 0 Å². The van der Waals surface area contributed by atoms with Crippen LogP contribution in [-0.4, -0.2) is 58.2 Å². The van der Waals surface area contributed by atoms with Crippen molar-refractivity contribution in [2.75, 3.05) is 25.9 Å². The zero-order chi connectivity index (χ0) is 13.1. The van der Waals surface area contributed by atoms with Crippen molar-refractivity contribution in [3.05, 3.63) is 12.4 Å². The Morgan fingerprint density at radius 3 is 3.06 bits per heavy atom. The average molecular weight is 254 g/mol. The molecule has 1 saturated heterocycles. The summed E-state index contributed by atoms with van der Waals surface area (Å²) in [6.07, 6.45) is 4.12. The third kappa shape index (κ3) is 3.22. The van der Waals surface area contributed by atoms with Crippen molar-refractivity contribution in [1.29, 1.82) is 0 Å². The van der Waals surface area contributed by atoms with E-state index in [4.69, 9.17) is 10.5 Å². The highest BCUT2D eigenvalue weighted by atomic mass is 16.5. The number of ether oxygens (including phenoxy) is 1. The largest absolute Gasteiger partial charge is 0.396 e. The molecular formula is C12H22N4O2. The zero-order valence-electron chi connectivity index (χ0n) is 11.0. The number of hydrogen-bond acceptors (Lipinski definition) is 5. The molecule has 1 aromatic heterocycles. The molecule has 0 saturated carbocycles. The first-order valence-electron chi connectivity index (χ1n) is 6.34. The van der Waals surface area contributed by atoms with Crippen LogP contribution in [0.1, 0.15) is 13.3 Å². The zero-order valence-corrected chi connectivity index (χ0v) is 11.0. The predicted octanol–water partition coefficient (Wildman–Crippen LogP) is -0.0646. The predicted molar refractivity (Wildman–Crippen MR) is 69.1 cm³/mol. The summed E-state index contributed by atoms with van der Waals surface area (Å²) in [4.78, 5) is 2.16. The van der Waals surface area contributed by atoms with E-state index < -0.39 is 6.10 Å². The summed E-state index contributed by atoms with van der Waals surface area (Å²) >= 11 is 0. The third-order valence-corrected chi connectivity index (χ3v) is 3.45. The SMILES string of the molecule is CC1OCCC1N(C)CC(O)Cn1cc(N)cn1. The fraction of sp³-hybridized carbons (Fsp3) is 0.750. The standard InChI is InChI=1S/C12H22N4O2/c1-9-12(3-4-18-9)15(2)7-11(17)8-16-6-10(13)5-14-16/h5-6,9,11-12,17H,3-4,7-8,13H2,1-2H3. The fourth-order valence-corrected chi connectivity index (χ4v) is 2.52. The molecule has 0 amide bonds. The van der Waals surface area contributed by atoms with Gasteiger partial charge in [-0.3, -0.25) is 9.58 Å². The molecule has 3 N–H and O–H groups in total. The molecule has 1 aliphatic rings. The van der Waals surface area contributed by atoms with E-state index in [0.717, 1.165) is 13.0 Å². The van der Waals surface area contributed by atoms with Gasteiger partial charge >= 0.3 is 0 Å². The van der Waals surface area contributed by atoms with Crippen molar-refractivity contribution < 1.29 is 9.84 Å². The van der Waals surface area contributed by atoms with Crippen LogP contribution < -0.4 is 5.73 Å². The average Bonchev–Trinajstić information content (AvgIpc) is 2.87. The number of likely N-dealkylation sites (N-methyl/N-ethyl adjacent to an activating group) is 1. The van der Waals surface area contributed by atoms with E-state index in [-0.39, 0.29) is 6.10 Å². The molecule has 1 aliphatic heterocycles. The molecule has 102 valence electrons. The molecule has 3 atom stereocenters. The molecule has 2 rings (SSSR count). The highest BCUT2D eigenvalue weighted by Gasteiger charge is 2.28. The first kappa shape index (κ1) is 13.3. The van der Waals surface area contributed by atoms with Gasteiger partial charge in [0.05, 0.1) is 30.6 Å². The van der Waals surface area contributed by atoms with Crippen molar-refractivity contribution in [3.8, 4) is 0 Å². The molecule has 6 heteroatoms. The molecule has 0 aromatic carbocycles. The molecule has 1 aromatic rings. The van der Waals surface area contributed by atoms with Gasteiger partial charge in [-0.25, -0.2) is 0 Å². The number of rotatable bonds is 5. The van der Waals surface area contributed by atoms with Gasteiger partial charge in [-0.05, 0) is 20.4 Å². The van der Waals surface area contributed by atoms with Gasteiger partial charge in [0.25, 0.3) is 0 Å². The Hall–Kier alpha value is -1.11. The molecule has 2 heterocycles. The summed E-state index contributed by atoms with van der Waals surface area (Å²) in [5.74, 6) is 0. The van der Waals surface area contributed by atoms with Crippen LogP contribution in [0.5, 0.6) is 0 Å². The molecule has 1 fully saturated rings. The van der Waals surface area contributed by atoms with Crippen LogP contribution in [0.4, 0.5) is 5.69 Å². The maximum Gasteiger partial charge on any atom is 0.0862 e. The molecule has 0 aliphatic carbocycles. The van der Waals surface area contributed by atoms with Crippen LogP contribution in [0.15, 0.2) is 12.4 Å². The van der Waals surface area contributed by atoms with Gasteiger partial charge in [0.1, 0.15) is 0 Å². The van der Waals surface area contributed by atoms with E-state index in [1.54, 1.807) is 17.1 Å². The number of aromatic nitrogens is 2. The summed E-state index contributed by atoms with van der Waals surface area (Å²) < 4.78 is 7.20.